The zero-order valence-corrected chi connectivity index (χ0v) is 14.4. The number of carbonyl (C=O) groups excluding carboxylic acids is 2. The monoisotopic (exact) mass is 332 g/mol. The maximum atomic E-state index is 12.5. The Bertz CT molecular complexity index is 533. The van der Waals surface area contributed by atoms with E-state index in [-0.39, 0.29) is 30.4 Å². The fraction of sp³-hybridized carbons (Fsp3) is 0.579. The van der Waals surface area contributed by atoms with Crippen LogP contribution in [0.15, 0.2) is 30.3 Å². The number of rotatable bonds is 9. The zero-order valence-electron chi connectivity index (χ0n) is 14.4. The van der Waals surface area contributed by atoms with Crippen LogP contribution in [-0.2, 0) is 20.9 Å². The Balaban J connectivity index is 1.95. The first-order valence-corrected chi connectivity index (χ1v) is 8.86. The van der Waals surface area contributed by atoms with E-state index in [9.17, 15) is 9.59 Å². The van der Waals surface area contributed by atoms with Crippen molar-refractivity contribution in [2.75, 3.05) is 13.1 Å². The molecule has 24 heavy (non-hydrogen) atoms. The summed E-state index contributed by atoms with van der Waals surface area (Å²) in [4.78, 5) is 26.9. The van der Waals surface area contributed by atoms with Gasteiger partial charge in [0.1, 0.15) is 18.4 Å². The van der Waals surface area contributed by atoms with Gasteiger partial charge in [0, 0.05) is 6.42 Å². The highest BCUT2D eigenvalue weighted by Gasteiger charge is 2.38. The van der Waals surface area contributed by atoms with E-state index >= 15 is 0 Å². The van der Waals surface area contributed by atoms with Gasteiger partial charge in [-0.05, 0) is 44.3 Å². The topological polar surface area (TPSA) is 72.6 Å². The summed E-state index contributed by atoms with van der Waals surface area (Å²) in [6.07, 6.45) is 3.58. The Morgan fingerprint density at radius 1 is 1.33 bits per heavy atom. The second kappa shape index (κ2) is 9.55. The normalized spacial score (nSPS) is 19.2. The summed E-state index contributed by atoms with van der Waals surface area (Å²) in [5.74, 6) is -0.0351. The highest BCUT2D eigenvalue weighted by molar-refractivity contribution is 5.85. The van der Waals surface area contributed by atoms with Crippen LogP contribution in [0.2, 0.25) is 0 Å². The largest absolute Gasteiger partial charge is 0.460 e. The summed E-state index contributed by atoms with van der Waals surface area (Å²) >= 11 is 0. The average Bonchev–Trinajstić information content (AvgIpc) is 3.09. The number of Topliss-reactive ketones (excluding diaryl/α,β-unsaturated/α-hetero) is 1. The van der Waals surface area contributed by atoms with Crippen molar-refractivity contribution in [1.82, 2.24) is 4.90 Å². The SMILES string of the molecule is CCC(C(=O)CCCN)N1CCCC1C(=O)OCc1ccccc1. The molecule has 0 aliphatic carbocycles. The molecule has 2 unspecified atom stereocenters. The third-order valence-corrected chi connectivity index (χ3v) is 4.58. The first-order valence-electron chi connectivity index (χ1n) is 8.86. The van der Waals surface area contributed by atoms with Crippen LogP contribution in [0.5, 0.6) is 0 Å². The molecule has 1 aliphatic rings. The van der Waals surface area contributed by atoms with Crippen LogP contribution in [0.1, 0.15) is 44.6 Å². The summed E-state index contributed by atoms with van der Waals surface area (Å²) < 4.78 is 5.49. The fourth-order valence-electron chi connectivity index (χ4n) is 3.33. The predicted molar refractivity (Wildman–Crippen MR) is 93.3 cm³/mol. The number of esters is 1. The highest BCUT2D eigenvalue weighted by atomic mass is 16.5. The first-order chi connectivity index (χ1) is 11.7. The van der Waals surface area contributed by atoms with Gasteiger partial charge in [-0.15, -0.1) is 0 Å². The summed E-state index contributed by atoms with van der Waals surface area (Å²) in [7, 11) is 0. The molecule has 132 valence electrons. The minimum Gasteiger partial charge on any atom is -0.460 e. The van der Waals surface area contributed by atoms with Crippen LogP contribution in [0.4, 0.5) is 0 Å². The van der Waals surface area contributed by atoms with Gasteiger partial charge in [0.25, 0.3) is 0 Å². The summed E-state index contributed by atoms with van der Waals surface area (Å²) in [6.45, 7) is 3.57. The third-order valence-electron chi connectivity index (χ3n) is 4.58. The predicted octanol–water partition coefficient (Wildman–Crippen LogP) is 2.28. The Morgan fingerprint density at radius 2 is 2.08 bits per heavy atom. The van der Waals surface area contributed by atoms with Gasteiger partial charge in [0.15, 0.2) is 0 Å². The van der Waals surface area contributed by atoms with Crippen molar-refractivity contribution >= 4 is 11.8 Å². The van der Waals surface area contributed by atoms with E-state index in [1.807, 2.05) is 42.2 Å². The lowest BCUT2D eigenvalue weighted by atomic mass is 10.0. The zero-order chi connectivity index (χ0) is 17.4. The maximum Gasteiger partial charge on any atom is 0.323 e. The van der Waals surface area contributed by atoms with Crippen molar-refractivity contribution in [3.8, 4) is 0 Å². The van der Waals surface area contributed by atoms with E-state index in [0.29, 0.717) is 25.8 Å². The number of nitrogens with two attached hydrogens (primary N) is 1. The van der Waals surface area contributed by atoms with Crippen LogP contribution in [0.25, 0.3) is 0 Å². The molecule has 1 aliphatic heterocycles. The molecule has 1 saturated heterocycles. The Labute approximate surface area is 144 Å². The molecule has 0 saturated carbocycles. The minimum absolute atomic E-state index is 0.186. The molecule has 0 spiro atoms. The molecule has 0 aromatic heterocycles. The molecule has 1 aromatic carbocycles. The van der Waals surface area contributed by atoms with E-state index in [1.165, 1.54) is 0 Å². The van der Waals surface area contributed by atoms with Gasteiger partial charge in [-0.1, -0.05) is 37.3 Å². The smallest absolute Gasteiger partial charge is 0.323 e. The molecular weight excluding hydrogens is 304 g/mol. The lowest BCUT2D eigenvalue weighted by molar-refractivity contribution is -0.151. The van der Waals surface area contributed by atoms with E-state index in [1.54, 1.807) is 0 Å². The number of ketones is 1. The van der Waals surface area contributed by atoms with Gasteiger partial charge < -0.3 is 10.5 Å². The van der Waals surface area contributed by atoms with Crippen molar-refractivity contribution in [2.24, 2.45) is 5.73 Å². The van der Waals surface area contributed by atoms with Crippen LogP contribution < -0.4 is 5.73 Å². The van der Waals surface area contributed by atoms with Crippen molar-refractivity contribution in [3.63, 3.8) is 0 Å². The number of carbonyl (C=O) groups is 2. The molecule has 5 heteroatoms. The van der Waals surface area contributed by atoms with E-state index in [0.717, 1.165) is 24.9 Å². The summed E-state index contributed by atoms with van der Waals surface area (Å²) in [5, 5.41) is 0. The number of hydrogen-bond donors (Lipinski definition) is 1. The molecule has 0 bridgehead atoms. The fourth-order valence-corrected chi connectivity index (χ4v) is 3.33. The Kier molecular flexibility index (Phi) is 7.40. The van der Waals surface area contributed by atoms with Gasteiger partial charge in [-0.25, -0.2) is 0 Å². The molecule has 5 nitrogen and oxygen atoms in total. The Morgan fingerprint density at radius 3 is 2.75 bits per heavy atom. The number of nitrogens with zero attached hydrogens (tertiary/aromatic N) is 1. The third kappa shape index (κ3) is 4.89. The van der Waals surface area contributed by atoms with Crippen LogP contribution in [0.3, 0.4) is 0 Å². The molecule has 1 aromatic rings. The molecular formula is C19H28N2O3. The lowest BCUT2D eigenvalue weighted by Crippen LogP contribution is -2.47. The van der Waals surface area contributed by atoms with Gasteiger partial charge in [0.2, 0.25) is 0 Å². The van der Waals surface area contributed by atoms with Gasteiger partial charge >= 0.3 is 5.97 Å². The molecule has 1 heterocycles. The quantitative estimate of drug-likeness (QED) is 0.702. The average molecular weight is 332 g/mol. The number of hydrogen-bond acceptors (Lipinski definition) is 5. The molecule has 2 rings (SSSR count). The van der Waals surface area contributed by atoms with Crippen LogP contribution in [0, 0.1) is 0 Å². The van der Waals surface area contributed by atoms with Gasteiger partial charge in [-0.2, -0.15) is 0 Å². The van der Waals surface area contributed by atoms with Crippen molar-refractivity contribution in [3.05, 3.63) is 35.9 Å². The second-order valence-electron chi connectivity index (χ2n) is 6.27. The molecule has 1 fully saturated rings. The van der Waals surface area contributed by atoms with Gasteiger partial charge in [-0.3, -0.25) is 14.5 Å². The van der Waals surface area contributed by atoms with Crippen LogP contribution >= 0.6 is 0 Å². The minimum atomic E-state index is -0.305. The Hall–Kier alpha value is -1.72. The summed E-state index contributed by atoms with van der Waals surface area (Å²) in [6, 6.07) is 9.15. The number of ether oxygens (including phenoxy) is 1. The molecule has 0 amide bonds. The van der Waals surface area contributed by atoms with Crippen molar-refractivity contribution in [1.29, 1.82) is 0 Å². The maximum absolute atomic E-state index is 12.5. The highest BCUT2D eigenvalue weighted by Crippen LogP contribution is 2.24. The second-order valence-corrected chi connectivity index (χ2v) is 6.27. The number of benzene rings is 1. The lowest BCUT2D eigenvalue weighted by Gasteiger charge is -2.30. The first kappa shape index (κ1) is 18.6. The van der Waals surface area contributed by atoms with Crippen molar-refractivity contribution < 1.29 is 14.3 Å². The summed E-state index contributed by atoms with van der Waals surface area (Å²) in [5.41, 5.74) is 6.48. The van der Waals surface area contributed by atoms with E-state index < -0.39 is 0 Å². The van der Waals surface area contributed by atoms with E-state index in [4.69, 9.17) is 10.5 Å². The standard InChI is InChI=1S/C19H28N2O3/c1-2-16(18(22)11-6-12-20)21-13-7-10-17(21)19(23)24-14-15-8-4-3-5-9-15/h3-5,8-9,16-17H,2,6-7,10-14,20H2,1H3. The molecule has 2 atom stereocenters. The van der Waals surface area contributed by atoms with Crippen molar-refractivity contribution in [2.45, 2.75) is 57.7 Å². The van der Waals surface area contributed by atoms with E-state index in [2.05, 4.69) is 0 Å². The molecule has 0 radical (unpaired) electrons. The molecule has 2 N–H and O–H groups in total. The van der Waals surface area contributed by atoms with Crippen LogP contribution in [-0.4, -0.2) is 41.8 Å². The van der Waals surface area contributed by atoms with Gasteiger partial charge in [0.05, 0.1) is 6.04 Å². The number of likely N-dealkylation sites (tertiary alicyclic amines) is 1.